The van der Waals surface area contributed by atoms with Gasteiger partial charge in [-0.3, -0.25) is 4.79 Å². The average Bonchev–Trinajstić information content (AvgIpc) is 3.69. The number of hydrogen-bond donors (Lipinski definition) is 0. The Balaban J connectivity index is 1.49. The number of nitriles is 1. The number of hydrogen-bond acceptors (Lipinski definition) is 7. The van der Waals surface area contributed by atoms with Crippen LogP contribution >= 0.6 is 22.9 Å². The van der Waals surface area contributed by atoms with Gasteiger partial charge in [-0.15, -0.1) is 11.3 Å². The van der Waals surface area contributed by atoms with Gasteiger partial charge in [0.2, 0.25) is 5.88 Å². The Morgan fingerprint density at radius 1 is 1.25 bits per heavy atom. The monoisotopic (exact) mass is 527 g/mol. The molecule has 5 heterocycles. The molecule has 9 nitrogen and oxygen atoms in total. The van der Waals surface area contributed by atoms with Crippen molar-refractivity contribution in [2.24, 2.45) is 5.92 Å². The number of halogens is 1. The zero-order valence-corrected chi connectivity index (χ0v) is 21.4. The molecule has 0 spiro atoms. The number of furan rings is 1. The minimum absolute atomic E-state index is 0.0278. The number of piperidine rings is 1. The molecule has 3 aromatic rings. The summed E-state index contributed by atoms with van der Waals surface area (Å²) in [6.45, 7) is 4.85. The van der Waals surface area contributed by atoms with Crippen molar-refractivity contribution in [2.45, 2.75) is 38.7 Å². The summed E-state index contributed by atoms with van der Waals surface area (Å²) in [5.41, 5.74) is 0.660. The highest BCUT2D eigenvalue weighted by Gasteiger charge is 2.38. The number of nitrogens with zero attached hydrogens (tertiary/aromatic N) is 5. The molecule has 0 radical (unpaired) electrons. The first kappa shape index (κ1) is 24.4. The van der Waals surface area contributed by atoms with E-state index in [2.05, 4.69) is 18.1 Å². The van der Waals surface area contributed by atoms with E-state index >= 15 is 0 Å². The van der Waals surface area contributed by atoms with E-state index in [0.29, 0.717) is 23.1 Å². The Morgan fingerprint density at radius 3 is 2.72 bits per heavy atom. The summed E-state index contributed by atoms with van der Waals surface area (Å²) in [6, 6.07) is 9.00. The van der Waals surface area contributed by atoms with Crippen molar-refractivity contribution in [3.05, 3.63) is 56.8 Å². The summed E-state index contributed by atoms with van der Waals surface area (Å²) in [7, 11) is 0. The number of thiophene rings is 1. The maximum atomic E-state index is 13.3. The van der Waals surface area contributed by atoms with Crippen LogP contribution in [0.2, 0.25) is 4.34 Å². The van der Waals surface area contributed by atoms with E-state index in [1.54, 1.807) is 12.1 Å². The fraction of sp³-hybridized carbons (Fsp3) is 0.440. The predicted octanol–water partition coefficient (Wildman–Crippen LogP) is 4.97. The van der Waals surface area contributed by atoms with Crippen LogP contribution < -0.4 is 4.74 Å². The lowest BCUT2D eigenvalue weighted by Crippen LogP contribution is -2.48. The Kier molecular flexibility index (Phi) is 7.03. The number of urea groups is 1. The largest absolute Gasteiger partial charge is 0.471 e. The summed E-state index contributed by atoms with van der Waals surface area (Å²) < 4.78 is 13.0. The molecular weight excluding hydrogens is 502 g/mol. The Bertz CT molecular complexity index is 1290. The van der Waals surface area contributed by atoms with Gasteiger partial charge < -0.3 is 19.0 Å². The molecule has 0 saturated carbocycles. The molecule has 0 bridgehead atoms. The quantitative estimate of drug-likeness (QED) is 0.464. The number of aromatic nitrogens is 2. The summed E-state index contributed by atoms with van der Waals surface area (Å²) in [4.78, 5) is 30.9. The minimum Gasteiger partial charge on any atom is -0.471 e. The van der Waals surface area contributed by atoms with Gasteiger partial charge >= 0.3 is 11.9 Å². The first-order valence-electron chi connectivity index (χ1n) is 12.0. The second-order valence-electron chi connectivity index (χ2n) is 9.16. The topological polar surface area (TPSA) is 105 Å². The van der Waals surface area contributed by atoms with E-state index in [9.17, 15) is 14.9 Å². The molecule has 3 aromatic heterocycles. The number of carbonyl (C=O) groups excluding carboxylic acids is 2. The smallest absolute Gasteiger partial charge is 0.320 e. The second kappa shape index (κ2) is 10.4. The molecule has 2 atom stereocenters. The average molecular weight is 528 g/mol. The van der Waals surface area contributed by atoms with Crippen molar-refractivity contribution in [1.82, 2.24) is 19.6 Å². The van der Waals surface area contributed by atoms with Gasteiger partial charge in [0.15, 0.2) is 5.76 Å². The van der Waals surface area contributed by atoms with Gasteiger partial charge in [0.25, 0.3) is 0 Å². The third-order valence-electron chi connectivity index (χ3n) is 6.84. The fourth-order valence-electron chi connectivity index (χ4n) is 4.84. The molecular formula is C25H26ClN5O4S. The van der Waals surface area contributed by atoms with Crippen LogP contribution in [0.5, 0.6) is 5.88 Å². The number of carbonyl (C=O) groups is 2. The van der Waals surface area contributed by atoms with Crippen LogP contribution in [-0.2, 0) is 6.61 Å². The van der Waals surface area contributed by atoms with Crippen molar-refractivity contribution >= 4 is 34.9 Å². The fourth-order valence-corrected chi connectivity index (χ4v) is 5.84. The van der Waals surface area contributed by atoms with Crippen molar-refractivity contribution in [2.75, 3.05) is 26.2 Å². The highest BCUT2D eigenvalue weighted by molar-refractivity contribution is 7.16. The minimum atomic E-state index is -0.532. The Morgan fingerprint density at radius 2 is 2.06 bits per heavy atom. The number of amides is 2. The summed E-state index contributed by atoms with van der Waals surface area (Å²) in [6.07, 6.45) is 4.22. The van der Waals surface area contributed by atoms with Gasteiger partial charge in [0, 0.05) is 37.0 Å². The van der Waals surface area contributed by atoms with Crippen LogP contribution in [-0.4, -0.2) is 57.7 Å². The first-order chi connectivity index (χ1) is 17.5. The normalized spacial score (nSPS) is 19.9. The van der Waals surface area contributed by atoms with Crippen molar-refractivity contribution in [3.8, 4) is 11.9 Å². The second-order valence-corrected chi connectivity index (χ2v) is 11.0. The molecule has 2 aliphatic rings. The van der Waals surface area contributed by atoms with E-state index in [4.69, 9.17) is 20.8 Å². The van der Waals surface area contributed by atoms with Crippen LogP contribution in [0.1, 0.15) is 58.8 Å². The molecule has 2 fully saturated rings. The molecule has 0 aromatic carbocycles. The van der Waals surface area contributed by atoms with Gasteiger partial charge in [0.1, 0.15) is 18.2 Å². The van der Waals surface area contributed by atoms with E-state index in [-0.39, 0.29) is 41.7 Å². The van der Waals surface area contributed by atoms with Gasteiger partial charge in [-0.2, -0.15) is 15.0 Å². The summed E-state index contributed by atoms with van der Waals surface area (Å²) >= 11 is 7.41. The van der Waals surface area contributed by atoms with E-state index in [0.717, 1.165) is 41.9 Å². The molecule has 0 N–H and O–H groups in total. The van der Waals surface area contributed by atoms with Crippen molar-refractivity contribution < 1.29 is 18.7 Å². The van der Waals surface area contributed by atoms with Gasteiger partial charge in [-0.05, 0) is 49.4 Å². The molecule has 36 heavy (non-hydrogen) atoms. The lowest BCUT2D eigenvalue weighted by Gasteiger charge is -2.38. The zero-order valence-electron chi connectivity index (χ0n) is 19.9. The zero-order chi connectivity index (χ0) is 25.2. The molecule has 11 heteroatoms. The van der Waals surface area contributed by atoms with Crippen LogP contribution in [0.25, 0.3) is 0 Å². The highest BCUT2D eigenvalue weighted by Crippen LogP contribution is 2.37. The van der Waals surface area contributed by atoms with E-state index in [1.807, 2.05) is 15.9 Å². The maximum absolute atomic E-state index is 13.3. The summed E-state index contributed by atoms with van der Waals surface area (Å²) in [5.74, 6) is -0.445. The van der Waals surface area contributed by atoms with Crippen LogP contribution in [0.3, 0.4) is 0 Å². The van der Waals surface area contributed by atoms with Crippen molar-refractivity contribution in [1.29, 1.82) is 5.26 Å². The third kappa shape index (κ3) is 4.73. The Hall–Kier alpha value is -3.29. The molecule has 5 rings (SSSR count). The number of rotatable bonds is 5. The van der Waals surface area contributed by atoms with Gasteiger partial charge in [0.05, 0.1) is 16.3 Å². The van der Waals surface area contributed by atoms with Gasteiger partial charge in [-0.25, -0.2) is 4.79 Å². The molecule has 2 amide bonds. The molecule has 2 unspecified atom stereocenters. The summed E-state index contributed by atoms with van der Waals surface area (Å²) in [5, 5.41) is 14.8. The van der Waals surface area contributed by atoms with E-state index < -0.39 is 5.91 Å². The van der Waals surface area contributed by atoms with Gasteiger partial charge in [-0.1, -0.05) is 18.5 Å². The maximum Gasteiger partial charge on any atom is 0.320 e. The lowest BCUT2D eigenvalue weighted by atomic mass is 9.83. The SMILES string of the molecule is CC1CCN(C(=O)N2CCCC2)CC1c1nn(C(=O)c2ccco2)c(OCc2ccc(Cl)s2)c1C#N. The van der Waals surface area contributed by atoms with Crippen LogP contribution in [0, 0.1) is 17.2 Å². The number of likely N-dealkylation sites (tertiary alicyclic amines) is 2. The van der Waals surface area contributed by atoms with Crippen LogP contribution in [0.4, 0.5) is 4.79 Å². The number of ether oxygens (including phenoxy) is 1. The Labute approximate surface area is 217 Å². The lowest BCUT2D eigenvalue weighted by molar-refractivity contribution is 0.0897. The standard InChI is InChI=1S/C25H26ClN5O4S/c1-16-8-11-30(25(33)29-9-2-3-10-29)14-19(16)22-18(13-27)24(35-15-17-6-7-21(26)36-17)31(28-22)23(32)20-5-4-12-34-20/h4-7,12,16,19H,2-3,8-11,14-15H2,1H3. The molecule has 0 aliphatic carbocycles. The van der Waals surface area contributed by atoms with E-state index in [1.165, 1.54) is 23.7 Å². The third-order valence-corrected chi connectivity index (χ3v) is 8.05. The highest BCUT2D eigenvalue weighted by atomic mass is 35.5. The predicted molar refractivity (Wildman–Crippen MR) is 133 cm³/mol. The molecule has 2 aliphatic heterocycles. The first-order valence-corrected chi connectivity index (χ1v) is 13.2. The molecule has 2 saturated heterocycles. The molecule has 188 valence electrons. The van der Waals surface area contributed by atoms with Crippen LogP contribution in [0.15, 0.2) is 34.9 Å². The van der Waals surface area contributed by atoms with Crippen molar-refractivity contribution in [3.63, 3.8) is 0 Å².